The minimum atomic E-state index is -0.291. The number of anilines is 1. The third kappa shape index (κ3) is 3.85. The van der Waals surface area contributed by atoms with Gasteiger partial charge in [-0.3, -0.25) is 19.5 Å². The van der Waals surface area contributed by atoms with Gasteiger partial charge in [-0.1, -0.05) is 6.42 Å². The van der Waals surface area contributed by atoms with Crippen molar-refractivity contribution in [2.75, 3.05) is 11.9 Å². The smallest absolute Gasteiger partial charge is 0.264 e. The van der Waals surface area contributed by atoms with Gasteiger partial charge in [0.15, 0.2) is 11.7 Å². The van der Waals surface area contributed by atoms with Crippen LogP contribution in [0.4, 0.5) is 5.13 Å². The fourth-order valence-corrected chi connectivity index (χ4v) is 3.91. The van der Waals surface area contributed by atoms with Crippen LogP contribution in [-0.2, 0) is 17.8 Å². The van der Waals surface area contributed by atoms with Crippen molar-refractivity contribution in [2.24, 2.45) is 0 Å². The Bertz CT molecular complexity index is 1060. The van der Waals surface area contributed by atoms with Crippen LogP contribution in [0.3, 0.4) is 0 Å². The zero-order valence-corrected chi connectivity index (χ0v) is 15.8. The number of carbonyl (C=O) groups is 1. The number of aryl methyl sites for hydroxylation is 2. The van der Waals surface area contributed by atoms with Gasteiger partial charge in [-0.2, -0.15) is 0 Å². The Balaban J connectivity index is 1.52. The fraction of sp³-hybridized carbons (Fsp3) is 0.368. The van der Waals surface area contributed by atoms with Gasteiger partial charge in [-0.25, -0.2) is 9.97 Å². The third-order valence-corrected chi connectivity index (χ3v) is 5.40. The molecule has 1 aromatic carbocycles. The van der Waals surface area contributed by atoms with Gasteiger partial charge in [0.2, 0.25) is 0 Å². The molecule has 0 unspecified atom stereocenters. The number of nitrogens with one attached hydrogen (secondary N) is 1. The van der Waals surface area contributed by atoms with E-state index in [1.807, 2.05) is 12.3 Å². The number of carbonyl (C=O) groups excluding carboxylic acids is 1. The minimum Gasteiger partial charge on any atom is -0.484 e. The second-order valence-electron chi connectivity index (χ2n) is 6.61. The van der Waals surface area contributed by atoms with Gasteiger partial charge in [-0.05, 0) is 38.0 Å². The molecule has 8 heteroatoms. The molecule has 27 heavy (non-hydrogen) atoms. The molecular weight excluding hydrogens is 364 g/mol. The maximum Gasteiger partial charge on any atom is 0.264 e. The quantitative estimate of drug-likeness (QED) is 0.747. The second kappa shape index (κ2) is 7.48. The van der Waals surface area contributed by atoms with E-state index in [-0.39, 0.29) is 18.1 Å². The van der Waals surface area contributed by atoms with Crippen molar-refractivity contribution < 1.29 is 9.53 Å². The van der Waals surface area contributed by atoms with Crippen LogP contribution in [0.5, 0.6) is 5.75 Å². The lowest BCUT2D eigenvalue weighted by Crippen LogP contribution is -2.24. The summed E-state index contributed by atoms with van der Waals surface area (Å²) in [6, 6.07) is 5.19. The molecular formula is C19H20N4O3S. The predicted molar refractivity (Wildman–Crippen MR) is 105 cm³/mol. The number of hydrogen-bond donors (Lipinski definition) is 1. The summed E-state index contributed by atoms with van der Waals surface area (Å²) < 4.78 is 7.34. The highest BCUT2D eigenvalue weighted by molar-refractivity contribution is 7.13. The monoisotopic (exact) mass is 384 g/mol. The van der Waals surface area contributed by atoms with Crippen LogP contribution < -0.4 is 15.6 Å². The van der Waals surface area contributed by atoms with Gasteiger partial charge in [0.05, 0.1) is 16.6 Å². The number of rotatable bonds is 4. The lowest BCUT2D eigenvalue weighted by atomic mass is 10.2. The molecule has 140 valence electrons. The van der Waals surface area contributed by atoms with E-state index in [1.54, 1.807) is 22.8 Å². The van der Waals surface area contributed by atoms with Crippen molar-refractivity contribution in [3.8, 4) is 5.75 Å². The Hall–Kier alpha value is -2.74. The first kappa shape index (κ1) is 17.7. The molecule has 4 rings (SSSR count). The fourth-order valence-electron chi connectivity index (χ4n) is 3.20. The Morgan fingerprint density at radius 3 is 3.00 bits per heavy atom. The maximum absolute atomic E-state index is 12.8. The lowest BCUT2D eigenvalue weighted by molar-refractivity contribution is -0.118. The average Bonchev–Trinajstić information content (AvgIpc) is 2.91. The topological polar surface area (TPSA) is 86.1 Å². The zero-order valence-electron chi connectivity index (χ0n) is 15.0. The highest BCUT2D eigenvalue weighted by atomic mass is 32.1. The van der Waals surface area contributed by atoms with Crippen LogP contribution in [0.25, 0.3) is 10.9 Å². The molecule has 1 aliphatic rings. The van der Waals surface area contributed by atoms with Crippen molar-refractivity contribution in [1.29, 1.82) is 0 Å². The van der Waals surface area contributed by atoms with Crippen LogP contribution in [0.1, 0.15) is 30.8 Å². The minimum absolute atomic E-state index is 0.0370. The predicted octanol–water partition coefficient (Wildman–Crippen LogP) is 2.91. The van der Waals surface area contributed by atoms with Gasteiger partial charge in [0.25, 0.3) is 11.5 Å². The maximum atomic E-state index is 12.8. The highest BCUT2D eigenvalue weighted by Crippen LogP contribution is 2.20. The summed E-state index contributed by atoms with van der Waals surface area (Å²) >= 11 is 1.37. The Morgan fingerprint density at radius 1 is 1.30 bits per heavy atom. The average molecular weight is 384 g/mol. The summed E-state index contributed by atoms with van der Waals surface area (Å²) in [5.41, 5.74) is 1.49. The van der Waals surface area contributed by atoms with Gasteiger partial charge in [0.1, 0.15) is 11.6 Å². The summed E-state index contributed by atoms with van der Waals surface area (Å²) in [5, 5.41) is 5.63. The summed E-state index contributed by atoms with van der Waals surface area (Å²) in [7, 11) is 0. The van der Waals surface area contributed by atoms with Crippen molar-refractivity contribution >= 4 is 33.3 Å². The Morgan fingerprint density at radius 2 is 2.19 bits per heavy atom. The van der Waals surface area contributed by atoms with Crippen molar-refractivity contribution in [1.82, 2.24) is 14.5 Å². The largest absolute Gasteiger partial charge is 0.484 e. The van der Waals surface area contributed by atoms with Crippen molar-refractivity contribution in [2.45, 2.75) is 39.2 Å². The first-order valence-corrected chi connectivity index (χ1v) is 9.86. The molecule has 1 amide bonds. The van der Waals surface area contributed by atoms with Crippen LogP contribution in [0.15, 0.2) is 28.4 Å². The molecule has 7 nitrogen and oxygen atoms in total. The number of ether oxygens (including phenoxy) is 1. The lowest BCUT2D eigenvalue weighted by Gasteiger charge is -2.11. The number of aromatic nitrogens is 3. The number of benzene rings is 1. The number of thiazole rings is 1. The molecule has 0 saturated heterocycles. The number of nitrogens with zero attached hydrogens (tertiary/aromatic N) is 3. The molecule has 3 heterocycles. The highest BCUT2D eigenvalue weighted by Gasteiger charge is 2.14. The molecule has 0 radical (unpaired) electrons. The molecule has 0 bridgehead atoms. The van der Waals surface area contributed by atoms with Crippen molar-refractivity contribution in [3.63, 3.8) is 0 Å². The van der Waals surface area contributed by atoms with Crippen LogP contribution >= 0.6 is 11.3 Å². The SMILES string of the molecule is Cc1csc(NC(=O)COc2ccc3nc4n(c(=O)c3c2)CCCCC4)n1. The molecule has 0 fully saturated rings. The molecule has 3 aromatic rings. The first-order valence-electron chi connectivity index (χ1n) is 8.98. The third-order valence-electron chi connectivity index (χ3n) is 4.52. The standard InChI is InChI=1S/C19H20N4O3S/c1-12-11-27-19(20-12)22-17(24)10-26-13-6-7-15-14(9-13)18(25)23-8-4-2-3-5-16(23)21-15/h6-7,9,11H,2-5,8,10H2,1H3,(H,20,22,24). The van der Waals surface area contributed by atoms with E-state index in [0.29, 0.717) is 28.3 Å². The van der Waals surface area contributed by atoms with Crippen LogP contribution in [0.2, 0.25) is 0 Å². The van der Waals surface area contributed by atoms with Crippen LogP contribution in [0, 0.1) is 6.92 Å². The van der Waals surface area contributed by atoms with Gasteiger partial charge < -0.3 is 4.74 Å². The molecule has 2 aromatic heterocycles. The van der Waals surface area contributed by atoms with E-state index >= 15 is 0 Å². The first-order chi connectivity index (χ1) is 13.1. The summed E-state index contributed by atoms with van der Waals surface area (Å²) in [6.45, 7) is 2.42. The molecule has 1 N–H and O–H groups in total. The van der Waals surface area contributed by atoms with Gasteiger partial charge >= 0.3 is 0 Å². The summed E-state index contributed by atoms with van der Waals surface area (Å²) in [6.07, 6.45) is 4.00. The molecule has 0 spiro atoms. The number of amides is 1. The number of hydrogen-bond acceptors (Lipinski definition) is 6. The van der Waals surface area contributed by atoms with E-state index in [9.17, 15) is 9.59 Å². The normalized spacial score (nSPS) is 13.8. The van der Waals surface area contributed by atoms with E-state index < -0.39 is 0 Å². The summed E-state index contributed by atoms with van der Waals surface area (Å²) in [5.74, 6) is 1.04. The van der Waals surface area contributed by atoms with Crippen molar-refractivity contribution in [3.05, 3.63) is 45.5 Å². The van der Waals surface area contributed by atoms with Crippen LogP contribution in [-0.4, -0.2) is 27.0 Å². The molecule has 0 saturated carbocycles. The van der Waals surface area contributed by atoms with Gasteiger partial charge in [0, 0.05) is 18.3 Å². The van der Waals surface area contributed by atoms with E-state index in [2.05, 4.69) is 15.3 Å². The van der Waals surface area contributed by atoms with E-state index in [1.165, 1.54) is 11.3 Å². The van der Waals surface area contributed by atoms with E-state index in [0.717, 1.165) is 37.2 Å². The Kier molecular flexibility index (Phi) is 4.89. The Labute approximate surface area is 160 Å². The van der Waals surface area contributed by atoms with Gasteiger partial charge in [-0.15, -0.1) is 11.3 Å². The second-order valence-corrected chi connectivity index (χ2v) is 7.46. The van der Waals surface area contributed by atoms with E-state index in [4.69, 9.17) is 4.74 Å². The molecule has 0 aliphatic carbocycles. The molecule has 0 atom stereocenters. The zero-order chi connectivity index (χ0) is 18.8. The number of fused-ring (bicyclic) bond motifs is 2. The summed E-state index contributed by atoms with van der Waals surface area (Å²) in [4.78, 5) is 33.7. The molecule has 1 aliphatic heterocycles.